The van der Waals surface area contributed by atoms with Crippen LogP contribution in [0.1, 0.15) is 39.4 Å². The minimum atomic E-state index is -5.02. The number of hydrogen-bond donors (Lipinski definition) is 0. The molecule has 6 nitrogen and oxygen atoms in total. The standard InChI is InChI=1S/C29H22F6N4O2/c1-41-23-14-37-26(38-15-23)25-11-17(27(40)39-8-6-19(16-39)18-3-2-7-36-13-18)4-5-24(25)20-9-21(28(30,31)32)12-22(10-20)29(33,34)35/h2-5,7,9-15,19H,6,8,16H2,1H3. The zero-order valence-electron chi connectivity index (χ0n) is 21.5. The summed E-state index contributed by atoms with van der Waals surface area (Å²) in [5, 5.41) is 0. The van der Waals surface area contributed by atoms with E-state index in [-0.39, 0.29) is 46.0 Å². The minimum absolute atomic E-state index is 0.00187. The van der Waals surface area contributed by atoms with E-state index in [1.165, 1.54) is 37.7 Å². The molecule has 3 heterocycles. The first-order chi connectivity index (χ1) is 19.4. The van der Waals surface area contributed by atoms with Crippen LogP contribution in [0.2, 0.25) is 0 Å². The molecule has 1 saturated heterocycles. The van der Waals surface area contributed by atoms with E-state index in [4.69, 9.17) is 4.74 Å². The van der Waals surface area contributed by atoms with Crippen LogP contribution in [0.5, 0.6) is 5.75 Å². The number of benzene rings is 2. The van der Waals surface area contributed by atoms with Gasteiger partial charge in [0.25, 0.3) is 5.91 Å². The van der Waals surface area contributed by atoms with Gasteiger partial charge in [-0.15, -0.1) is 0 Å². The normalized spacial score (nSPS) is 15.7. The zero-order valence-corrected chi connectivity index (χ0v) is 21.5. The fourth-order valence-corrected chi connectivity index (χ4v) is 4.80. The maximum atomic E-state index is 13.6. The van der Waals surface area contributed by atoms with Gasteiger partial charge in [-0.05, 0) is 59.5 Å². The minimum Gasteiger partial charge on any atom is -0.494 e. The predicted octanol–water partition coefficient (Wildman–Crippen LogP) is 6.88. The Morgan fingerprint density at radius 1 is 0.902 bits per heavy atom. The van der Waals surface area contributed by atoms with E-state index in [1.807, 2.05) is 12.1 Å². The van der Waals surface area contributed by atoms with Crippen molar-refractivity contribution in [3.63, 3.8) is 0 Å². The molecule has 0 radical (unpaired) electrons. The van der Waals surface area contributed by atoms with Crippen molar-refractivity contribution >= 4 is 5.91 Å². The van der Waals surface area contributed by atoms with Gasteiger partial charge in [0.2, 0.25) is 0 Å². The molecule has 2 aromatic carbocycles. The summed E-state index contributed by atoms with van der Waals surface area (Å²) < 4.78 is 86.6. The quantitative estimate of drug-likeness (QED) is 0.244. The molecule has 212 valence electrons. The third-order valence-electron chi connectivity index (χ3n) is 6.90. The predicted molar refractivity (Wildman–Crippen MR) is 137 cm³/mol. The molecule has 12 heteroatoms. The number of nitrogens with zero attached hydrogens (tertiary/aromatic N) is 4. The van der Waals surface area contributed by atoms with E-state index in [0.29, 0.717) is 37.4 Å². The van der Waals surface area contributed by atoms with E-state index in [1.54, 1.807) is 17.3 Å². The van der Waals surface area contributed by atoms with Crippen LogP contribution in [-0.4, -0.2) is 46.0 Å². The van der Waals surface area contributed by atoms with Gasteiger partial charge in [0.1, 0.15) is 0 Å². The Kier molecular flexibility index (Phi) is 7.41. The molecule has 41 heavy (non-hydrogen) atoms. The fraction of sp³-hybridized carbons (Fsp3) is 0.241. The summed E-state index contributed by atoms with van der Waals surface area (Å²) in [5.41, 5.74) is -1.98. The molecule has 1 amide bonds. The molecule has 0 spiro atoms. The second-order valence-corrected chi connectivity index (χ2v) is 9.52. The lowest BCUT2D eigenvalue weighted by molar-refractivity contribution is -0.143. The molecule has 2 aromatic heterocycles. The van der Waals surface area contributed by atoms with E-state index in [0.717, 1.165) is 5.56 Å². The van der Waals surface area contributed by atoms with Crippen molar-refractivity contribution in [3.8, 4) is 28.3 Å². The Balaban J connectivity index is 1.58. The van der Waals surface area contributed by atoms with Gasteiger partial charge in [0.15, 0.2) is 11.6 Å². The number of methoxy groups -OCH3 is 1. The Hall–Kier alpha value is -4.48. The smallest absolute Gasteiger partial charge is 0.416 e. The van der Waals surface area contributed by atoms with Gasteiger partial charge in [0.05, 0.1) is 30.6 Å². The highest BCUT2D eigenvalue weighted by molar-refractivity contribution is 5.97. The Bertz CT molecular complexity index is 1520. The summed E-state index contributed by atoms with van der Waals surface area (Å²) in [6.45, 7) is 0.903. The maximum absolute atomic E-state index is 13.6. The monoisotopic (exact) mass is 572 g/mol. The van der Waals surface area contributed by atoms with Gasteiger partial charge in [-0.25, -0.2) is 9.97 Å². The number of halogens is 6. The first-order valence-corrected chi connectivity index (χ1v) is 12.4. The average molecular weight is 573 g/mol. The largest absolute Gasteiger partial charge is 0.494 e. The van der Waals surface area contributed by atoms with E-state index < -0.39 is 23.5 Å². The summed E-state index contributed by atoms with van der Waals surface area (Å²) in [6, 6.07) is 9.19. The molecule has 0 N–H and O–H groups in total. The van der Waals surface area contributed by atoms with Gasteiger partial charge >= 0.3 is 12.4 Å². The van der Waals surface area contributed by atoms with Gasteiger partial charge in [-0.3, -0.25) is 9.78 Å². The summed E-state index contributed by atoms with van der Waals surface area (Å²) in [5.74, 6) is 0.0375. The molecule has 1 unspecified atom stereocenters. The van der Waals surface area contributed by atoms with E-state index in [9.17, 15) is 31.1 Å². The molecule has 1 atom stereocenters. The summed E-state index contributed by atoms with van der Waals surface area (Å²) in [4.78, 5) is 27.6. The molecular formula is C29H22F6N4O2. The fourth-order valence-electron chi connectivity index (χ4n) is 4.80. The number of carbonyl (C=O) groups is 1. The van der Waals surface area contributed by atoms with Crippen LogP contribution in [0.15, 0.2) is 73.3 Å². The van der Waals surface area contributed by atoms with Crippen LogP contribution in [0.25, 0.3) is 22.5 Å². The van der Waals surface area contributed by atoms with Crippen LogP contribution < -0.4 is 4.74 Å². The van der Waals surface area contributed by atoms with Crippen LogP contribution in [-0.2, 0) is 12.4 Å². The Labute approximate surface area is 230 Å². The molecule has 0 bridgehead atoms. The molecule has 0 aliphatic carbocycles. The molecule has 4 aromatic rings. The van der Waals surface area contributed by atoms with Crippen molar-refractivity contribution in [2.45, 2.75) is 24.7 Å². The molecule has 0 saturated carbocycles. The Morgan fingerprint density at radius 2 is 1.59 bits per heavy atom. The third-order valence-corrected chi connectivity index (χ3v) is 6.90. The highest BCUT2D eigenvalue weighted by Gasteiger charge is 2.37. The molecule has 1 aliphatic heterocycles. The highest BCUT2D eigenvalue weighted by atomic mass is 19.4. The number of aromatic nitrogens is 3. The topological polar surface area (TPSA) is 68.2 Å². The number of hydrogen-bond acceptors (Lipinski definition) is 5. The van der Waals surface area contributed by atoms with Crippen molar-refractivity contribution < 1.29 is 35.9 Å². The maximum Gasteiger partial charge on any atom is 0.416 e. The number of pyridine rings is 1. The summed E-state index contributed by atoms with van der Waals surface area (Å²) in [7, 11) is 1.39. The number of amides is 1. The molecular weight excluding hydrogens is 550 g/mol. The summed E-state index contributed by atoms with van der Waals surface area (Å²) in [6.07, 6.45) is -3.30. The van der Waals surface area contributed by atoms with Crippen molar-refractivity contribution in [2.24, 2.45) is 0 Å². The summed E-state index contributed by atoms with van der Waals surface area (Å²) >= 11 is 0. The zero-order chi connectivity index (χ0) is 29.4. The first-order valence-electron chi connectivity index (χ1n) is 12.4. The van der Waals surface area contributed by atoms with E-state index >= 15 is 0 Å². The number of alkyl halides is 6. The van der Waals surface area contributed by atoms with Crippen LogP contribution >= 0.6 is 0 Å². The van der Waals surface area contributed by atoms with Crippen LogP contribution in [0.4, 0.5) is 26.3 Å². The van der Waals surface area contributed by atoms with Crippen LogP contribution in [0.3, 0.4) is 0 Å². The highest BCUT2D eigenvalue weighted by Crippen LogP contribution is 2.41. The van der Waals surface area contributed by atoms with Gasteiger partial charge in [-0.2, -0.15) is 26.3 Å². The number of rotatable bonds is 5. The number of likely N-dealkylation sites (tertiary alicyclic amines) is 1. The second-order valence-electron chi connectivity index (χ2n) is 9.52. The van der Waals surface area contributed by atoms with Crippen molar-refractivity contribution in [1.82, 2.24) is 19.9 Å². The van der Waals surface area contributed by atoms with Crippen LogP contribution in [0, 0.1) is 0 Å². The second kappa shape index (κ2) is 10.8. The average Bonchev–Trinajstić information content (AvgIpc) is 3.46. The lowest BCUT2D eigenvalue weighted by atomic mass is 9.93. The number of ether oxygens (including phenoxy) is 1. The van der Waals surface area contributed by atoms with Crippen molar-refractivity contribution in [3.05, 3.63) is 95.6 Å². The Morgan fingerprint density at radius 3 is 2.17 bits per heavy atom. The van der Waals surface area contributed by atoms with Crippen molar-refractivity contribution in [1.29, 1.82) is 0 Å². The van der Waals surface area contributed by atoms with Crippen molar-refractivity contribution in [2.75, 3.05) is 20.2 Å². The third kappa shape index (κ3) is 6.01. The molecule has 1 aliphatic rings. The SMILES string of the molecule is COc1cnc(-c2cc(C(=O)N3CCC(c4cccnc4)C3)ccc2-c2cc(C(F)(F)F)cc(C(F)(F)F)c2)nc1. The molecule has 5 rings (SSSR count). The number of carbonyl (C=O) groups excluding carboxylic acids is 1. The molecule has 1 fully saturated rings. The lowest BCUT2D eigenvalue weighted by Crippen LogP contribution is -2.28. The van der Waals surface area contributed by atoms with Gasteiger partial charge in [0, 0.05) is 42.5 Å². The lowest BCUT2D eigenvalue weighted by Gasteiger charge is -2.19. The van der Waals surface area contributed by atoms with E-state index in [2.05, 4.69) is 15.0 Å². The van der Waals surface area contributed by atoms with Gasteiger partial charge < -0.3 is 9.64 Å². The van der Waals surface area contributed by atoms with Gasteiger partial charge in [-0.1, -0.05) is 12.1 Å². The first kappa shape index (κ1) is 28.1.